The van der Waals surface area contributed by atoms with Crippen LogP contribution in [-0.4, -0.2) is 25.7 Å². The van der Waals surface area contributed by atoms with Crippen molar-refractivity contribution in [2.24, 2.45) is 10.8 Å². The predicted octanol–water partition coefficient (Wildman–Crippen LogP) is 1.57. The van der Waals surface area contributed by atoms with Gasteiger partial charge in [0.25, 0.3) is 0 Å². The van der Waals surface area contributed by atoms with Crippen LogP contribution in [0.25, 0.3) is 0 Å². The van der Waals surface area contributed by atoms with Crippen LogP contribution in [0.2, 0.25) is 0 Å². The minimum atomic E-state index is 0.0412. The van der Waals surface area contributed by atoms with Gasteiger partial charge in [0.15, 0.2) is 0 Å². The first-order valence-electron chi connectivity index (χ1n) is 5.94. The molecule has 0 radical (unpaired) electrons. The van der Waals surface area contributed by atoms with Crippen molar-refractivity contribution in [3.8, 4) is 0 Å². The number of methoxy groups -OCH3 is 1. The molecule has 1 rings (SSSR count). The maximum absolute atomic E-state index is 5.46. The van der Waals surface area contributed by atoms with Crippen LogP contribution in [0.1, 0.15) is 18.1 Å². The normalized spacial score (nSPS) is 13.3. The summed E-state index contributed by atoms with van der Waals surface area (Å²) in [6.07, 6.45) is 0. The Morgan fingerprint density at radius 3 is 2.44 bits per heavy atom. The average Bonchev–Trinajstić information content (AvgIpc) is 2.27. The second-order valence-electron chi connectivity index (χ2n) is 4.43. The number of anilines is 1. The number of hydrogen-bond donors (Lipinski definition) is 3. The van der Waals surface area contributed by atoms with Crippen LogP contribution in [0.5, 0.6) is 0 Å². The number of hydrogen-bond acceptors (Lipinski definition) is 3. The molecule has 1 unspecified atom stereocenters. The molecule has 0 aromatic heterocycles. The lowest BCUT2D eigenvalue weighted by Gasteiger charge is -2.13. The van der Waals surface area contributed by atoms with E-state index >= 15 is 0 Å². The fourth-order valence-electron chi connectivity index (χ4n) is 1.79. The molecule has 18 heavy (non-hydrogen) atoms. The van der Waals surface area contributed by atoms with Crippen molar-refractivity contribution in [3.05, 3.63) is 29.3 Å². The summed E-state index contributed by atoms with van der Waals surface area (Å²) in [6.45, 7) is 6.63. The van der Waals surface area contributed by atoms with Gasteiger partial charge in [-0.1, -0.05) is 6.07 Å². The van der Waals surface area contributed by atoms with Crippen LogP contribution in [0, 0.1) is 13.8 Å². The summed E-state index contributed by atoms with van der Waals surface area (Å²) in [6, 6.07) is 6.24. The number of aryl methyl sites for hydroxylation is 2. The first-order chi connectivity index (χ1) is 8.55. The number of guanidine groups is 1. The number of nitrogens with one attached hydrogen (secondary N) is 2. The highest BCUT2D eigenvalue weighted by molar-refractivity contribution is 5.93. The molecule has 1 atom stereocenters. The quantitative estimate of drug-likeness (QED) is 0.328. The number of nitrogens with zero attached hydrogens (tertiary/aromatic N) is 1. The van der Waals surface area contributed by atoms with Crippen molar-refractivity contribution in [1.29, 1.82) is 0 Å². The Kier molecular flexibility index (Phi) is 5.61. The summed E-state index contributed by atoms with van der Waals surface area (Å²) < 4.78 is 5.03. The summed E-state index contributed by atoms with van der Waals surface area (Å²) in [7, 11) is 1.65. The van der Waals surface area contributed by atoms with E-state index in [4.69, 9.17) is 10.6 Å². The lowest BCUT2D eigenvalue weighted by Crippen LogP contribution is -2.37. The van der Waals surface area contributed by atoms with Crippen LogP contribution in [-0.2, 0) is 4.74 Å². The van der Waals surface area contributed by atoms with Gasteiger partial charge in [0.1, 0.15) is 0 Å². The van der Waals surface area contributed by atoms with Crippen LogP contribution in [0.3, 0.4) is 0 Å². The van der Waals surface area contributed by atoms with Gasteiger partial charge in [-0.2, -0.15) is 0 Å². The predicted molar refractivity (Wildman–Crippen MR) is 75.6 cm³/mol. The molecular formula is C13H22N4O. The number of benzene rings is 1. The van der Waals surface area contributed by atoms with Gasteiger partial charge in [0, 0.05) is 12.8 Å². The summed E-state index contributed by atoms with van der Waals surface area (Å²) in [5.41, 5.74) is 5.92. The molecule has 0 fully saturated rings. The van der Waals surface area contributed by atoms with E-state index in [1.165, 1.54) is 11.1 Å². The third-order valence-corrected chi connectivity index (χ3v) is 2.38. The minimum absolute atomic E-state index is 0.0412. The van der Waals surface area contributed by atoms with Crippen molar-refractivity contribution in [1.82, 2.24) is 5.43 Å². The Morgan fingerprint density at radius 1 is 1.33 bits per heavy atom. The van der Waals surface area contributed by atoms with E-state index in [2.05, 4.69) is 35.6 Å². The molecule has 1 aromatic carbocycles. The highest BCUT2D eigenvalue weighted by atomic mass is 16.5. The Hall–Kier alpha value is -1.59. The fraction of sp³-hybridized carbons (Fsp3) is 0.462. The molecule has 0 aliphatic rings. The lowest BCUT2D eigenvalue weighted by molar-refractivity contribution is 0.185. The number of hydrazine groups is 1. The van der Waals surface area contributed by atoms with Gasteiger partial charge < -0.3 is 10.1 Å². The van der Waals surface area contributed by atoms with E-state index in [-0.39, 0.29) is 6.04 Å². The Balaban J connectivity index is 2.79. The Morgan fingerprint density at radius 2 is 1.94 bits per heavy atom. The molecule has 100 valence electrons. The SMILES string of the molecule is COCC(C)N=C(NN)Nc1cc(C)cc(C)c1. The van der Waals surface area contributed by atoms with Gasteiger partial charge in [-0.3, -0.25) is 5.43 Å². The first kappa shape index (κ1) is 14.5. The maximum Gasteiger partial charge on any atom is 0.210 e. The van der Waals surface area contributed by atoms with Crippen LogP contribution in [0.4, 0.5) is 5.69 Å². The van der Waals surface area contributed by atoms with E-state index in [1.54, 1.807) is 7.11 Å². The fourth-order valence-corrected chi connectivity index (χ4v) is 1.79. The summed E-state index contributed by atoms with van der Waals surface area (Å²) in [5, 5.41) is 3.16. The third-order valence-electron chi connectivity index (χ3n) is 2.38. The molecule has 4 N–H and O–H groups in total. The smallest absolute Gasteiger partial charge is 0.210 e. The topological polar surface area (TPSA) is 71.7 Å². The van der Waals surface area contributed by atoms with Crippen LogP contribution < -0.4 is 16.6 Å². The van der Waals surface area contributed by atoms with Gasteiger partial charge in [-0.05, 0) is 44.0 Å². The van der Waals surface area contributed by atoms with Crippen molar-refractivity contribution in [2.75, 3.05) is 19.0 Å². The molecule has 0 saturated carbocycles. The number of nitrogens with two attached hydrogens (primary N) is 1. The first-order valence-corrected chi connectivity index (χ1v) is 5.94. The van der Waals surface area contributed by atoms with Gasteiger partial charge in [-0.25, -0.2) is 10.8 Å². The van der Waals surface area contributed by atoms with Gasteiger partial charge in [0.05, 0.1) is 12.6 Å². The number of ether oxygens (including phenoxy) is 1. The third kappa shape index (κ3) is 4.73. The second kappa shape index (κ2) is 6.98. The van der Waals surface area contributed by atoms with Gasteiger partial charge in [0.2, 0.25) is 5.96 Å². The van der Waals surface area contributed by atoms with E-state index < -0.39 is 0 Å². The molecule has 0 spiro atoms. The van der Waals surface area contributed by atoms with Crippen molar-refractivity contribution >= 4 is 11.6 Å². The van der Waals surface area contributed by atoms with E-state index in [9.17, 15) is 0 Å². The summed E-state index contributed by atoms with van der Waals surface area (Å²) >= 11 is 0. The minimum Gasteiger partial charge on any atom is -0.382 e. The molecular weight excluding hydrogens is 228 g/mol. The van der Waals surface area contributed by atoms with E-state index in [1.807, 2.05) is 19.1 Å². The summed E-state index contributed by atoms with van der Waals surface area (Å²) in [4.78, 5) is 4.38. The second-order valence-corrected chi connectivity index (χ2v) is 4.43. The largest absolute Gasteiger partial charge is 0.382 e. The van der Waals surface area contributed by atoms with Crippen molar-refractivity contribution in [3.63, 3.8) is 0 Å². The number of aliphatic imine (C=N–C) groups is 1. The zero-order valence-electron chi connectivity index (χ0n) is 11.4. The molecule has 0 heterocycles. The average molecular weight is 250 g/mol. The van der Waals surface area contributed by atoms with Gasteiger partial charge in [-0.15, -0.1) is 0 Å². The Bertz CT molecular complexity index is 397. The van der Waals surface area contributed by atoms with E-state index in [0.717, 1.165) is 5.69 Å². The lowest BCUT2D eigenvalue weighted by atomic mass is 10.1. The molecule has 5 heteroatoms. The highest BCUT2D eigenvalue weighted by Crippen LogP contribution is 2.13. The van der Waals surface area contributed by atoms with Crippen LogP contribution >= 0.6 is 0 Å². The highest BCUT2D eigenvalue weighted by Gasteiger charge is 2.03. The standard InChI is InChI=1S/C13H22N4O/c1-9-5-10(2)7-12(6-9)16-13(17-14)15-11(3)8-18-4/h5-7,11H,8,14H2,1-4H3,(H2,15,16,17). The van der Waals surface area contributed by atoms with Crippen molar-refractivity contribution < 1.29 is 4.74 Å². The zero-order valence-corrected chi connectivity index (χ0v) is 11.4. The zero-order chi connectivity index (χ0) is 13.5. The van der Waals surface area contributed by atoms with E-state index in [0.29, 0.717) is 12.6 Å². The van der Waals surface area contributed by atoms with Crippen molar-refractivity contribution in [2.45, 2.75) is 26.8 Å². The van der Waals surface area contributed by atoms with Gasteiger partial charge >= 0.3 is 0 Å². The molecule has 0 saturated heterocycles. The van der Waals surface area contributed by atoms with Crippen LogP contribution in [0.15, 0.2) is 23.2 Å². The summed E-state index contributed by atoms with van der Waals surface area (Å²) in [5.74, 6) is 5.99. The molecule has 0 aliphatic carbocycles. The maximum atomic E-state index is 5.46. The molecule has 0 aliphatic heterocycles. The molecule has 5 nitrogen and oxygen atoms in total. The molecule has 0 bridgehead atoms. The monoisotopic (exact) mass is 250 g/mol. The molecule has 0 amide bonds. The molecule has 1 aromatic rings. The number of rotatable bonds is 4. The Labute approximate surface area is 108 Å².